The van der Waals surface area contributed by atoms with Gasteiger partial charge in [-0.05, 0) is 55.2 Å². The van der Waals surface area contributed by atoms with Crippen LogP contribution in [0.15, 0.2) is 30.5 Å². The van der Waals surface area contributed by atoms with Crippen molar-refractivity contribution in [2.75, 3.05) is 13.2 Å². The van der Waals surface area contributed by atoms with Gasteiger partial charge in [0.2, 0.25) is 6.41 Å². The molecule has 0 atom stereocenters. The lowest BCUT2D eigenvalue weighted by molar-refractivity contribution is -0.109. The second-order valence-corrected chi connectivity index (χ2v) is 5.89. The first-order valence-corrected chi connectivity index (χ1v) is 7.97. The van der Waals surface area contributed by atoms with Crippen molar-refractivity contribution in [1.29, 1.82) is 0 Å². The van der Waals surface area contributed by atoms with E-state index in [1.807, 2.05) is 0 Å². The molecule has 1 aromatic heterocycles. The molecule has 0 spiro atoms. The molecule has 0 aliphatic rings. The van der Waals surface area contributed by atoms with Crippen LogP contribution in [0.4, 0.5) is 4.39 Å². The Bertz CT molecular complexity index is 754. The van der Waals surface area contributed by atoms with Crippen LogP contribution in [0.2, 0.25) is 0 Å². The quantitative estimate of drug-likeness (QED) is 0.456. The highest BCUT2D eigenvalue weighted by molar-refractivity contribution is 6.39. The fourth-order valence-electron chi connectivity index (χ4n) is 2.46. The fourth-order valence-corrected chi connectivity index (χ4v) is 2.46. The molecule has 25 heavy (non-hydrogen) atoms. The van der Waals surface area contributed by atoms with E-state index in [1.165, 1.54) is 6.07 Å². The predicted molar refractivity (Wildman–Crippen MR) is 96.9 cm³/mol. The monoisotopic (exact) mass is 336 g/mol. The maximum Gasteiger partial charge on any atom is 0.207 e. The van der Waals surface area contributed by atoms with Gasteiger partial charge < -0.3 is 10.1 Å². The number of ether oxygens (including phenoxy) is 1. The van der Waals surface area contributed by atoms with E-state index in [0.717, 1.165) is 11.1 Å². The SMILES string of the molecule is [B]C([B])(OCCCNC=O)c1cc(-c2ccc(F)c(C)c2)cnc1C. The van der Waals surface area contributed by atoms with Crippen LogP contribution < -0.4 is 5.32 Å². The molecule has 4 nitrogen and oxygen atoms in total. The Balaban J connectivity index is 2.22. The van der Waals surface area contributed by atoms with Gasteiger partial charge in [0.25, 0.3) is 0 Å². The average molecular weight is 336 g/mol. The largest absolute Gasteiger partial charge is 0.390 e. The Morgan fingerprint density at radius 3 is 2.72 bits per heavy atom. The van der Waals surface area contributed by atoms with Crippen LogP contribution in [0.3, 0.4) is 0 Å². The first-order chi connectivity index (χ1) is 11.8. The number of hydrogen-bond donors (Lipinski definition) is 1. The van der Waals surface area contributed by atoms with Gasteiger partial charge in [-0.1, -0.05) is 6.07 Å². The summed E-state index contributed by atoms with van der Waals surface area (Å²) in [5.41, 5.74) is 3.34. The number of carbonyl (C=O) groups is 1. The minimum Gasteiger partial charge on any atom is -0.390 e. The zero-order valence-corrected chi connectivity index (χ0v) is 14.4. The van der Waals surface area contributed by atoms with Crippen molar-refractivity contribution >= 4 is 22.1 Å². The van der Waals surface area contributed by atoms with Crippen molar-refractivity contribution in [3.63, 3.8) is 0 Å². The first kappa shape index (κ1) is 19.2. The summed E-state index contributed by atoms with van der Waals surface area (Å²) in [4.78, 5) is 14.6. The third-order valence-corrected chi connectivity index (χ3v) is 3.89. The summed E-state index contributed by atoms with van der Waals surface area (Å²) in [5.74, 6) is -0.261. The van der Waals surface area contributed by atoms with Crippen LogP contribution in [0.25, 0.3) is 11.1 Å². The molecule has 1 aromatic carbocycles. The van der Waals surface area contributed by atoms with Crippen molar-refractivity contribution in [1.82, 2.24) is 10.3 Å². The van der Waals surface area contributed by atoms with Crippen molar-refractivity contribution < 1.29 is 13.9 Å². The Kier molecular flexibility index (Phi) is 6.37. The predicted octanol–water partition coefficient (Wildman–Crippen LogP) is 2.10. The number of nitrogens with zero attached hydrogens (tertiary/aromatic N) is 1. The van der Waals surface area contributed by atoms with Crippen molar-refractivity contribution in [2.24, 2.45) is 0 Å². The standard InChI is InChI=1S/C18H19B2FN2O2/c1-12-8-14(4-5-17(12)21)15-9-16(13(2)23-10-15)18(19,20)25-7-3-6-22-11-24/h4-5,8-11H,3,6-7H2,1-2H3,(H,22,24). The average Bonchev–Trinajstić information content (AvgIpc) is 2.57. The van der Waals surface area contributed by atoms with E-state index in [1.54, 1.807) is 38.2 Å². The molecular formula is C18H19B2FN2O2. The molecule has 126 valence electrons. The molecule has 1 amide bonds. The van der Waals surface area contributed by atoms with E-state index in [9.17, 15) is 9.18 Å². The molecule has 2 rings (SSSR count). The van der Waals surface area contributed by atoms with Gasteiger partial charge in [-0.25, -0.2) is 4.39 Å². The van der Waals surface area contributed by atoms with Crippen molar-refractivity contribution in [3.05, 3.63) is 53.1 Å². The molecule has 2 aromatic rings. The Morgan fingerprint density at radius 1 is 1.28 bits per heavy atom. The number of aryl methyl sites for hydroxylation is 2. The molecule has 0 bridgehead atoms. The second kappa shape index (κ2) is 8.30. The van der Waals surface area contributed by atoms with E-state index < -0.39 is 5.40 Å². The number of amides is 1. The summed E-state index contributed by atoms with van der Waals surface area (Å²) < 4.78 is 19.0. The Hall–Kier alpha value is -2.14. The third-order valence-electron chi connectivity index (χ3n) is 3.89. The highest BCUT2D eigenvalue weighted by atomic mass is 19.1. The molecule has 0 saturated carbocycles. The lowest BCUT2D eigenvalue weighted by atomic mass is 9.60. The Morgan fingerprint density at radius 2 is 2.04 bits per heavy atom. The van der Waals surface area contributed by atoms with E-state index in [-0.39, 0.29) is 12.4 Å². The van der Waals surface area contributed by atoms with E-state index in [0.29, 0.717) is 36.2 Å². The van der Waals surface area contributed by atoms with Gasteiger partial charge in [0, 0.05) is 36.0 Å². The molecule has 1 heterocycles. The first-order valence-electron chi connectivity index (χ1n) is 7.97. The van der Waals surface area contributed by atoms with Crippen molar-refractivity contribution in [3.8, 4) is 11.1 Å². The summed E-state index contributed by atoms with van der Waals surface area (Å²) in [5, 5.41) is 1.03. The molecule has 0 aliphatic carbocycles. The molecule has 7 heteroatoms. The zero-order chi connectivity index (χ0) is 18.4. The molecule has 0 saturated heterocycles. The van der Waals surface area contributed by atoms with Crippen LogP contribution in [0.1, 0.15) is 23.2 Å². The fraction of sp³-hybridized carbons (Fsp3) is 0.333. The summed E-state index contributed by atoms with van der Waals surface area (Å²) in [6, 6.07) is 6.64. The summed E-state index contributed by atoms with van der Waals surface area (Å²) in [6.07, 6.45) is 2.90. The van der Waals surface area contributed by atoms with Crippen LogP contribution in [0, 0.1) is 19.7 Å². The number of pyridine rings is 1. The lowest BCUT2D eigenvalue weighted by Gasteiger charge is -2.29. The van der Waals surface area contributed by atoms with Gasteiger partial charge in [-0.3, -0.25) is 9.78 Å². The van der Waals surface area contributed by atoms with E-state index in [2.05, 4.69) is 10.3 Å². The number of nitrogens with one attached hydrogen (secondary N) is 1. The molecule has 0 aliphatic heterocycles. The topological polar surface area (TPSA) is 51.2 Å². The number of carbonyl (C=O) groups excluding carboxylic acids is 1. The number of benzene rings is 1. The molecule has 0 unspecified atom stereocenters. The van der Waals surface area contributed by atoms with Gasteiger partial charge in [-0.15, -0.1) is 0 Å². The maximum atomic E-state index is 13.5. The second-order valence-electron chi connectivity index (χ2n) is 5.89. The minimum absolute atomic E-state index is 0.261. The maximum absolute atomic E-state index is 13.5. The number of hydrogen-bond acceptors (Lipinski definition) is 3. The molecule has 4 radical (unpaired) electrons. The van der Waals surface area contributed by atoms with E-state index in [4.69, 9.17) is 20.4 Å². The summed E-state index contributed by atoms with van der Waals surface area (Å²) >= 11 is 0. The lowest BCUT2D eigenvalue weighted by Crippen LogP contribution is -2.33. The van der Waals surface area contributed by atoms with Gasteiger partial charge in [0.15, 0.2) is 0 Å². The normalized spacial score (nSPS) is 11.3. The summed E-state index contributed by atoms with van der Waals surface area (Å²) in [6.45, 7) is 4.26. The highest BCUT2D eigenvalue weighted by Crippen LogP contribution is 2.28. The van der Waals surface area contributed by atoms with Crippen LogP contribution in [0.5, 0.6) is 0 Å². The van der Waals surface area contributed by atoms with Crippen molar-refractivity contribution in [2.45, 2.75) is 25.7 Å². The van der Waals surface area contributed by atoms with Crippen LogP contribution in [-0.2, 0) is 14.9 Å². The smallest absolute Gasteiger partial charge is 0.207 e. The van der Waals surface area contributed by atoms with Crippen LogP contribution >= 0.6 is 0 Å². The number of halogens is 1. The van der Waals surface area contributed by atoms with E-state index >= 15 is 0 Å². The molecule has 0 fully saturated rings. The van der Waals surface area contributed by atoms with Gasteiger partial charge in [0.05, 0.1) is 0 Å². The molecular weight excluding hydrogens is 317 g/mol. The van der Waals surface area contributed by atoms with Gasteiger partial charge in [0.1, 0.15) is 21.5 Å². The van der Waals surface area contributed by atoms with Gasteiger partial charge >= 0.3 is 0 Å². The minimum atomic E-state index is -1.51. The highest BCUT2D eigenvalue weighted by Gasteiger charge is 2.23. The summed E-state index contributed by atoms with van der Waals surface area (Å²) in [7, 11) is 12.2. The van der Waals surface area contributed by atoms with Gasteiger partial charge in [-0.2, -0.15) is 0 Å². The third kappa shape index (κ3) is 4.92. The van der Waals surface area contributed by atoms with Crippen LogP contribution in [-0.4, -0.2) is 40.2 Å². The Labute approximate surface area is 150 Å². The molecule has 1 N–H and O–H groups in total. The number of rotatable bonds is 8. The number of aromatic nitrogens is 1. The zero-order valence-electron chi connectivity index (χ0n) is 14.4.